The summed E-state index contributed by atoms with van der Waals surface area (Å²) in [6.45, 7) is 12.9. The third kappa shape index (κ3) is 9.03. The van der Waals surface area contributed by atoms with E-state index in [1.807, 2.05) is 49.9 Å². The average Bonchev–Trinajstić information content (AvgIpc) is 4.17. The third-order valence-electron chi connectivity index (χ3n) is 15.8. The summed E-state index contributed by atoms with van der Waals surface area (Å²) in [5, 5.41) is 5.79. The molecule has 0 bridgehead atoms. The van der Waals surface area contributed by atoms with Gasteiger partial charge in [0.25, 0.3) is 0 Å². The van der Waals surface area contributed by atoms with E-state index in [9.17, 15) is 19.2 Å². The van der Waals surface area contributed by atoms with Crippen molar-refractivity contribution in [3.05, 3.63) is 59.2 Å². The number of aromatic amines is 1. The number of aromatic nitrogens is 2. The summed E-state index contributed by atoms with van der Waals surface area (Å²) >= 11 is 0. The van der Waals surface area contributed by atoms with Gasteiger partial charge in [0.15, 0.2) is 0 Å². The van der Waals surface area contributed by atoms with Crippen molar-refractivity contribution in [2.75, 3.05) is 14.2 Å². The van der Waals surface area contributed by atoms with E-state index in [0.717, 1.165) is 87.5 Å². The lowest BCUT2D eigenvalue weighted by Crippen LogP contribution is -2.57. The van der Waals surface area contributed by atoms with Gasteiger partial charge in [-0.2, -0.15) is 0 Å². The van der Waals surface area contributed by atoms with Crippen LogP contribution in [0, 0.1) is 11.8 Å². The molecule has 7 aliphatic rings. The van der Waals surface area contributed by atoms with E-state index in [1.165, 1.54) is 14.2 Å². The Bertz CT molecular complexity index is 2540. The number of rotatable bonds is 10. The van der Waals surface area contributed by atoms with Crippen LogP contribution in [0.5, 0.6) is 11.5 Å². The molecule has 0 radical (unpaired) electrons. The number of H-pyrrole nitrogens is 1. The van der Waals surface area contributed by atoms with Gasteiger partial charge in [-0.1, -0.05) is 0 Å². The number of imidazole rings is 1. The number of allylic oxidation sites excluding steroid dienone is 1. The molecular weight excluding hydrogens is 895 g/mol. The summed E-state index contributed by atoms with van der Waals surface area (Å²) in [6.07, 6.45) is 8.73. The zero-order valence-corrected chi connectivity index (χ0v) is 41.5. The van der Waals surface area contributed by atoms with Crippen molar-refractivity contribution in [2.45, 2.75) is 173 Å². The summed E-state index contributed by atoms with van der Waals surface area (Å²) in [4.78, 5) is 71.6. The number of nitrogens with zero attached hydrogens (tertiary/aromatic N) is 4. The van der Waals surface area contributed by atoms with E-state index < -0.39 is 24.3 Å². The zero-order valence-electron chi connectivity index (χ0n) is 41.5. The maximum atomic E-state index is 14.6. The third-order valence-corrected chi connectivity index (χ3v) is 15.8. The molecule has 3 aromatic rings. The van der Waals surface area contributed by atoms with Crippen LogP contribution in [0.3, 0.4) is 0 Å². The van der Waals surface area contributed by atoms with Gasteiger partial charge < -0.3 is 53.8 Å². The van der Waals surface area contributed by atoms with E-state index in [1.54, 1.807) is 0 Å². The molecule has 10 atom stereocenters. The number of likely N-dealkylation sites (tertiary alicyclic amines) is 2. The molecule has 0 aliphatic carbocycles. The standard InChI is InChI=1S/C53H67N7O10/c1-26-9-11-41(59(26)50(61)47(57-52(63)65-7)34-13-28(3)69-29(4)14-34)39-19-36(22-54-39)32-17-37-24-68-44-21-33(18-38-25-67-43(20-32)45(37)46(38)44)40-23-55-49(56-40)42-12-10-27(2)60(42)51(62)48(58-53(64)66-8)35-15-30(5)70-31(6)16-35/h17-18,20-23,26-31,34-35,41-42,47-48H,9-16,19,24-25H2,1-8H3,(H,55,56)(H,57,63)(H,58,64)/t26-,27-,28+,29+,30+,31+,41-,42-,47-,48-/m0/s1. The number of hydrogen-bond acceptors (Lipinski definition) is 12. The molecule has 17 heteroatoms. The second-order valence-corrected chi connectivity index (χ2v) is 20.8. The molecule has 4 fully saturated rings. The SMILES string of the molecule is COC(=O)N[C@H](C(=O)N1[C@@H](C)CC[C@H]1C1=NC=C(c2cc3c4c(c2)OCc2cc(-c5cnc([C@@H]6CC[C@H](C)N6C(=O)[C@@H](NC(=O)OC)C6C[C@@H](C)O[C@H](C)C6)[nH]5)cc(c2-4)OC3)C1)C1C[C@@H](C)O[C@H](C)C1. The van der Waals surface area contributed by atoms with Gasteiger partial charge >= 0.3 is 12.2 Å². The molecule has 374 valence electrons. The highest BCUT2D eigenvalue weighted by atomic mass is 16.5. The van der Waals surface area contributed by atoms with Crippen LogP contribution in [0.1, 0.15) is 128 Å². The first-order chi connectivity index (χ1) is 33.7. The van der Waals surface area contributed by atoms with Crippen molar-refractivity contribution in [2.24, 2.45) is 16.8 Å². The van der Waals surface area contributed by atoms with Gasteiger partial charge in [-0.15, -0.1) is 0 Å². The van der Waals surface area contributed by atoms with Gasteiger partial charge in [-0.3, -0.25) is 14.6 Å². The van der Waals surface area contributed by atoms with Crippen LogP contribution in [-0.4, -0.2) is 118 Å². The molecule has 10 rings (SSSR count). The number of hydrogen-bond donors (Lipinski definition) is 3. The number of carbonyl (C=O) groups excluding carboxylic acids is 4. The van der Waals surface area contributed by atoms with Crippen LogP contribution < -0.4 is 20.1 Å². The molecule has 0 spiro atoms. The van der Waals surface area contributed by atoms with Gasteiger partial charge in [0.2, 0.25) is 11.8 Å². The average molecular weight is 962 g/mol. The van der Waals surface area contributed by atoms with Crippen molar-refractivity contribution in [3.63, 3.8) is 0 Å². The minimum atomic E-state index is -0.758. The lowest BCUT2D eigenvalue weighted by Gasteiger charge is -2.39. The first kappa shape index (κ1) is 47.7. The minimum Gasteiger partial charge on any atom is -0.488 e. The van der Waals surface area contributed by atoms with E-state index >= 15 is 0 Å². The lowest BCUT2D eigenvalue weighted by molar-refractivity contribution is -0.140. The summed E-state index contributed by atoms with van der Waals surface area (Å²) in [7, 11) is 2.64. The van der Waals surface area contributed by atoms with Gasteiger partial charge in [0.05, 0.1) is 62.6 Å². The summed E-state index contributed by atoms with van der Waals surface area (Å²) < 4.78 is 35.1. The Kier molecular flexibility index (Phi) is 13.2. The van der Waals surface area contributed by atoms with Crippen LogP contribution in [0.2, 0.25) is 0 Å². The second kappa shape index (κ2) is 19.3. The Labute approximate surface area is 409 Å². The van der Waals surface area contributed by atoms with Gasteiger partial charge in [-0.25, -0.2) is 14.6 Å². The Morgan fingerprint density at radius 1 is 0.671 bits per heavy atom. The first-order valence-electron chi connectivity index (χ1n) is 25.2. The van der Waals surface area contributed by atoms with Crippen molar-refractivity contribution in [1.82, 2.24) is 30.4 Å². The minimum absolute atomic E-state index is 0.0197. The molecule has 70 heavy (non-hydrogen) atoms. The normalized spacial score (nSPS) is 29.7. The number of alkyl carbamates (subject to hydrolysis) is 2. The second-order valence-electron chi connectivity index (χ2n) is 20.8. The summed E-state index contributed by atoms with van der Waals surface area (Å²) in [6, 6.07) is 6.39. The Hall–Kier alpha value is -5.94. The predicted octanol–water partition coefficient (Wildman–Crippen LogP) is 8.00. The molecule has 8 heterocycles. The van der Waals surface area contributed by atoms with Crippen molar-refractivity contribution in [1.29, 1.82) is 0 Å². The monoisotopic (exact) mass is 961 g/mol. The molecule has 0 saturated carbocycles. The van der Waals surface area contributed by atoms with Crippen molar-refractivity contribution < 1.29 is 47.6 Å². The van der Waals surface area contributed by atoms with Crippen LogP contribution >= 0.6 is 0 Å². The molecular formula is C53H67N7O10. The van der Waals surface area contributed by atoms with Gasteiger partial charge in [-0.05, 0) is 140 Å². The Morgan fingerprint density at radius 3 is 1.69 bits per heavy atom. The number of benzene rings is 2. The maximum absolute atomic E-state index is 14.6. The number of aliphatic imine (C=N–C) groups is 1. The molecule has 3 N–H and O–H groups in total. The molecule has 2 aromatic carbocycles. The molecule has 4 saturated heterocycles. The lowest BCUT2D eigenvalue weighted by atomic mass is 9.85. The smallest absolute Gasteiger partial charge is 0.407 e. The largest absolute Gasteiger partial charge is 0.488 e. The highest BCUT2D eigenvalue weighted by Crippen LogP contribution is 2.51. The number of amides is 4. The number of methoxy groups -OCH3 is 2. The van der Waals surface area contributed by atoms with Crippen LogP contribution in [0.4, 0.5) is 9.59 Å². The molecule has 0 unspecified atom stereocenters. The van der Waals surface area contributed by atoms with E-state index in [4.69, 9.17) is 38.4 Å². The van der Waals surface area contributed by atoms with Crippen molar-refractivity contribution in [3.8, 4) is 33.9 Å². The summed E-state index contributed by atoms with van der Waals surface area (Å²) in [5.74, 6) is 1.82. The van der Waals surface area contributed by atoms with Crippen LogP contribution in [0.15, 0.2) is 41.7 Å². The topological polar surface area (TPSA) is 195 Å². The molecule has 4 amide bonds. The number of nitrogens with one attached hydrogen (secondary N) is 3. The maximum Gasteiger partial charge on any atom is 0.407 e. The fraction of sp³-hybridized carbons (Fsp3) is 0.585. The Balaban J connectivity index is 0.852. The highest BCUT2D eigenvalue weighted by Gasteiger charge is 2.47. The number of carbonyl (C=O) groups is 4. The van der Waals surface area contributed by atoms with E-state index in [2.05, 4.69) is 53.7 Å². The number of ether oxygens (including phenoxy) is 6. The van der Waals surface area contributed by atoms with E-state index in [-0.39, 0.29) is 72.2 Å². The fourth-order valence-corrected chi connectivity index (χ4v) is 12.7. The fourth-order valence-electron chi connectivity index (χ4n) is 12.7. The predicted molar refractivity (Wildman–Crippen MR) is 260 cm³/mol. The summed E-state index contributed by atoms with van der Waals surface area (Å²) in [5.41, 5.74) is 8.77. The van der Waals surface area contributed by atoms with Gasteiger partial charge in [0, 0.05) is 58.2 Å². The zero-order chi connectivity index (χ0) is 49.1. The molecule has 1 aromatic heterocycles. The highest BCUT2D eigenvalue weighted by molar-refractivity contribution is 6.04. The molecule has 7 aliphatic heterocycles. The van der Waals surface area contributed by atoms with Gasteiger partial charge in [0.1, 0.15) is 42.6 Å². The Morgan fingerprint density at radius 2 is 1.16 bits per heavy atom. The van der Waals surface area contributed by atoms with E-state index in [0.29, 0.717) is 51.1 Å². The van der Waals surface area contributed by atoms with Crippen LogP contribution in [-0.2, 0) is 41.8 Å². The van der Waals surface area contributed by atoms with Crippen molar-refractivity contribution >= 4 is 35.3 Å². The molecule has 17 nitrogen and oxygen atoms in total. The van der Waals surface area contributed by atoms with Crippen LogP contribution in [0.25, 0.3) is 28.0 Å². The quantitative estimate of drug-likeness (QED) is 0.178. The first-order valence-corrected chi connectivity index (χ1v) is 25.2.